The maximum absolute atomic E-state index is 13.0. The summed E-state index contributed by atoms with van der Waals surface area (Å²) < 4.78 is 6.29. The molecule has 3 heterocycles. The fourth-order valence-electron chi connectivity index (χ4n) is 2.95. The number of aromatic nitrogens is 2. The largest absolute Gasteiger partial charge is 0.467 e. The van der Waals surface area contributed by atoms with E-state index in [1.165, 1.54) is 28.1 Å². The summed E-state index contributed by atoms with van der Waals surface area (Å²) in [5, 5.41) is 18.7. The van der Waals surface area contributed by atoms with Gasteiger partial charge in [0.1, 0.15) is 11.8 Å². The average Bonchev–Trinajstić information content (AvgIpc) is 3.51. The highest BCUT2D eigenvalue weighted by Crippen LogP contribution is 2.34. The number of nitrogens with one attached hydrogen (secondary N) is 1. The number of rotatable bonds is 8. The van der Waals surface area contributed by atoms with E-state index in [2.05, 4.69) is 27.2 Å². The van der Waals surface area contributed by atoms with Crippen LogP contribution in [-0.2, 0) is 4.79 Å². The number of benzene rings is 1. The van der Waals surface area contributed by atoms with Crippen LogP contribution in [0.4, 0.5) is 5.13 Å². The molecule has 1 atom stereocenters. The Morgan fingerprint density at radius 3 is 2.93 bits per heavy atom. The molecule has 1 aromatic carbocycles. The van der Waals surface area contributed by atoms with Gasteiger partial charge in [-0.1, -0.05) is 52.9 Å². The molecule has 30 heavy (non-hydrogen) atoms. The van der Waals surface area contributed by atoms with Crippen LogP contribution in [-0.4, -0.2) is 39.1 Å². The highest BCUT2D eigenvalue weighted by Gasteiger charge is 2.34. The summed E-state index contributed by atoms with van der Waals surface area (Å²) in [6, 6.07) is 10.8. The summed E-state index contributed by atoms with van der Waals surface area (Å²) in [6.45, 7) is 4.27. The number of carbonyl (C=O) groups is 1. The molecule has 0 spiro atoms. The third-order valence-electron chi connectivity index (χ3n) is 4.34. The van der Waals surface area contributed by atoms with E-state index in [9.17, 15) is 4.79 Å². The van der Waals surface area contributed by atoms with Gasteiger partial charge in [-0.2, -0.15) is 5.10 Å². The molecule has 7 nitrogen and oxygen atoms in total. The van der Waals surface area contributed by atoms with Gasteiger partial charge in [0.25, 0.3) is 5.91 Å². The highest BCUT2D eigenvalue weighted by molar-refractivity contribution is 8.01. The molecule has 2 aromatic heterocycles. The van der Waals surface area contributed by atoms with Crippen molar-refractivity contribution in [2.24, 2.45) is 5.10 Å². The Bertz CT molecular complexity index is 1050. The van der Waals surface area contributed by atoms with Gasteiger partial charge in [-0.25, -0.2) is 5.01 Å². The Morgan fingerprint density at radius 1 is 1.37 bits per heavy atom. The van der Waals surface area contributed by atoms with E-state index >= 15 is 0 Å². The van der Waals surface area contributed by atoms with E-state index in [0.29, 0.717) is 33.2 Å². The van der Waals surface area contributed by atoms with Crippen molar-refractivity contribution in [3.63, 3.8) is 0 Å². The van der Waals surface area contributed by atoms with Crippen molar-refractivity contribution in [2.75, 3.05) is 17.6 Å². The Balaban J connectivity index is 1.48. The van der Waals surface area contributed by atoms with Crippen LogP contribution >= 0.6 is 34.7 Å². The maximum atomic E-state index is 13.0. The molecular formula is C20H18ClN5O2S2. The average molecular weight is 460 g/mol. The van der Waals surface area contributed by atoms with Gasteiger partial charge in [0, 0.05) is 18.0 Å². The molecule has 10 heteroatoms. The van der Waals surface area contributed by atoms with E-state index in [-0.39, 0.29) is 17.7 Å². The number of hydrazone groups is 1. The minimum atomic E-state index is -0.280. The summed E-state index contributed by atoms with van der Waals surface area (Å²) >= 11 is 8.73. The van der Waals surface area contributed by atoms with E-state index in [0.717, 1.165) is 11.3 Å². The lowest BCUT2D eigenvalue weighted by molar-refractivity contribution is -0.130. The monoisotopic (exact) mass is 459 g/mol. The highest BCUT2D eigenvalue weighted by atomic mass is 35.5. The van der Waals surface area contributed by atoms with Gasteiger partial charge >= 0.3 is 0 Å². The van der Waals surface area contributed by atoms with Crippen molar-refractivity contribution < 1.29 is 9.21 Å². The van der Waals surface area contributed by atoms with Crippen LogP contribution in [0.15, 0.2) is 69.2 Å². The van der Waals surface area contributed by atoms with Crippen LogP contribution in [0.3, 0.4) is 0 Å². The Labute approximate surface area is 186 Å². The van der Waals surface area contributed by atoms with E-state index < -0.39 is 0 Å². The third-order valence-corrected chi connectivity index (χ3v) is 6.59. The predicted molar refractivity (Wildman–Crippen MR) is 120 cm³/mol. The van der Waals surface area contributed by atoms with Crippen molar-refractivity contribution in [1.82, 2.24) is 15.2 Å². The van der Waals surface area contributed by atoms with Crippen LogP contribution in [0.2, 0.25) is 5.02 Å². The molecule has 1 amide bonds. The number of anilines is 1. The second-order valence-corrected chi connectivity index (χ2v) is 9.00. The predicted octanol–water partition coefficient (Wildman–Crippen LogP) is 4.85. The second kappa shape index (κ2) is 9.46. The second-order valence-electron chi connectivity index (χ2n) is 6.36. The Kier molecular flexibility index (Phi) is 6.51. The number of nitrogens with zero attached hydrogens (tertiary/aromatic N) is 4. The zero-order valence-corrected chi connectivity index (χ0v) is 18.2. The number of thioether (sulfide) groups is 1. The smallest absolute Gasteiger partial charge is 0.253 e. The van der Waals surface area contributed by atoms with Crippen molar-refractivity contribution in [1.29, 1.82) is 0 Å². The number of carbonyl (C=O) groups excluding carboxylic acids is 1. The topological polar surface area (TPSA) is 83.6 Å². The quantitative estimate of drug-likeness (QED) is 0.383. The molecule has 0 aliphatic carbocycles. The summed E-state index contributed by atoms with van der Waals surface area (Å²) in [4.78, 5) is 13.0. The summed E-state index contributed by atoms with van der Waals surface area (Å²) in [6.07, 6.45) is 3.92. The first-order valence-corrected chi connectivity index (χ1v) is 11.3. The van der Waals surface area contributed by atoms with Gasteiger partial charge in [-0.3, -0.25) is 4.79 Å². The standard InChI is InChI=1S/C20H18ClN5O2S2/c1-2-9-22-19-23-24-20(30-19)29-12-18(27)26-16(17-4-3-10-28-17)11-15(25-26)13-5-7-14(21)8-6-13/h2-8,10,16H,1,9,11-12H2,(H,22,23)/t16-/m0/s1. The zero-order chi connectivity index (χ0) is 20.9. The van der Waals surface area contributed by atoms with E-state index in [1.54, 1.807) is 12.3 Å². The van der Waals surface area contributed by atoms with Crippen molar-refractivity contribution in [3.8, 4) is 0 Å². The minimum absolute atomic E-state index is 0.124. The lowest BCUT2D eigenvalue weighted by Gasteiger charge is -2.19. The summed E-state index contributed by atoms with van der Waals surface area (Å²) in [5.74, 6) is 0.777. The van der Waals surface area contributed by atoms with Gasteiger partial charge in [0.15, 0.2) is 4.34 Å². The molecule has 4 rings (SSSR count). The van der Waals surface area contributed by atoms with Crippen LogP contribution < -0.4 is 5.32 Å². The first kappa shape index (κ1) is 20.6. The lowest BCUT2D eigenvalue weighted by Crippen LogP contribution is -2.28. The third kappa shape index (κ3) is 4.75. The van der Waals surface area contributed by atoms with Gasteiger partial charge in [0.05, 0.1) is 17.7 Å². The van der Waals surface area contributed by atoms with Crippen LogP contribution in [0, 0.1) is 0 Å². The van der Waals surface area contributed by atoms with Crippen molar-refractivity contribution in [2.45, 2.75) is 16.8 Å². The molecule has 1 aliphatic heterocycles. The Hall–Kier alpha value is -2.62. The number of amides is 1. The fraction of sp³-hybridized carbons (Fsp3) is 0.200. The van der Waals surface area contributed by atoms with E-state index in [1.807, 2.05) is 36.4 Å². The molecule has 0 saturated carbocycles. The molecule has 0 bridgehead atoms. The first-order chi connectivity index (χ1) is 14.6. The van der Waals surface area contributed by atoms with Gasteiger partial charge in [0.2, 0.25) is 5.13 Å². The summed E-state index contributed by atoms with van der Waals surface area (Å²) in [7, 11) is 0. The number of hydrogen-bond donors (Lipinski definition) is 1. The summed E-state index contributed by atoms with van der Waals surface area (Å²) in [5.41, 5.74) is 1.75. The first-order valence-electron chi connectivity index (χ1n) is 9.14. The Morgan fingerprint density at radius 2 is 2.20 bits per heavy atom. The van der Waals surface area contributed by atoms with Crippen LogP contribution in [0.1, 0.15) is 23.8 Å². The maximum Gasteiger partial charge on any atom is 0.253 e. The SMILES string of the molecule is C=CCNc1nnc(SCC(=O)N2N=C(c3ccc(Cl)cc3)C[C@H]2c2ccco2)s1. The lowest BCUT2D eigenvalue weighted by atomic mass is 10.0. The zero-order valence-electron chi connectivity index (χ0n) is 15.8. The van der Waals surface area contributed by atoms with Gasteiger partial charge in [-0.15, -0.1) is 16.8 Å². The van der Waals surface area contributed by atoms with Crippen LogP contribution in [0.25, 0.3) is 0 Å². The van der Waals surface area contributed by atoms with Crippen molar-refractivity contribution in [3.05, 3.63) is 71.7 Å². The molecule has 154 valence electrons. The molecular weight excluding hydrogens is 442 g/mol. The molecule has 1 aliphatic rings. The minimum Gasteiger partial charge on any atom is -0.467 e. The molecule has 0 saturated heterocycles. The van der Waals surface area contributed by atoms with Crippen molar-refractivity contribution >= 4 is 51.5 Å². The number of halogens is 1. The molecule has 3 aromatic rings. The van der Waals surface area contributed by atoms with Crippen LogP contribution in [0.5, 0.6) is 0 Å². The fourth-order valence-corrected chi connectivity index (χ4v) is 4.69. The molecule has 0 radical (unpaired) electrons. The normalized spacial score (nSPS) is 15.8. The molecule has 0 unspecified atom stereocenters. The van der Waals surface area contributed by atoms with Gasteiger partial charge < -0.3 is 9.73 Å². The van der Waals surface area contributed by atoms with E-state index in [4.69, 9.17) is 16.0 Å². The molecule has 0 fully saturated rings. The molecule has 1 N–H and O–H groups in total. The number of furan rings is 1. The van der Waals surface area contributed by atoms with Gasteiger partial charge in [-0.05, 0) is 29.8 Å². The number of hydrogen-bond acceptors (Lipinski definition) is 8.